The third-order valence-electron chi connectivity index (χ3n) is 5.29. The molecule has 4 rings (SSSR count). The average Bonchev–Trinajstić information content (AvgIpc) is 3.06. The first kappa shape index (κ1) is 21.5. The van der Waals surface area contributed by atoms with Gasteiger partial charge in [-0.15, -0.1) is 0 Å². The number of ether oxygens (including phenoxy) is 1. The van der Waals surface area contributed by atoms with Crippen LogP contribution in [0.5, 0.6) is 5.75 Å². The van der Waals surface area contributed by atoms with Crippen LogP contribution in [0.25, 0.3) is 0 Å². The Hall–Kier alpha value is -2.70. The van der Waals surface area contributed by atoms with E-state index in [9.17, 15) is 21.6 Å². The summed E-state index contributed by atoms with van der Waals surface area (Å²) in [5.74, 6) is -0.0237. The highest BCUT2D eigenvalue weighted by atomic mass is 32.2. The minimum atomic E-state index is -3.99. The molecular weight excluding hydrogens is 444 g/mol. The van der Waals surface area contributed by atoms with Crippen molar-refractivity contribution in [3.8, 4) is 5.75 Å². The lowest BCUT2D eigenvalue weighted by Gasteiger charge is -2.34. The van der Waals surface area contributed by atoms with Gasteiger partial charge < -0.3 is 9.64 Å². The molecule has 0 bridgehead atoms. The van der Waals surface area contributed by atoms with E-state index >= 15 is 0 Å². The second kappa shape index (κ2) is 8.09. The number of nitrogens with zero attached hydrogens (tertiary/aromatic N) is 4. The van der Waals surface area contributed by atoms with Crippen molar-refractivity contribution in [2.75, 3.05) is 48.2 Å². The molecule has 0 atom stereocenters. The molecule has 0 N–H and O–H groups in total. The maximum absolute atomic E-state index is 13.4. The fourth-order valence-electron chi connectivity index (χ4n) is 3.70. The molecule has 0 unspecified atom stereocenters. The molecule has 0 saturated carbocycles. The largest absolute Gasteiger partial charge is 0.495 e. The van der Waals surface area contributed by atoms with Crippen LogP contribution in [0.1, 0.15) is 6.42 Å². The van der Waals surface area contributed by atoms with Crippen molar-refractivity contribution in [2.24, 2.45) is 0 Å². The molecule has 1 aromatic carbocycles. The van der Waals surface area contributed by atoms with E-state index in [1.807, 2.05) is 23.1 Å². The van der Waals surface area contributed by atoms with Crippen LogP contribution in [0.2, 0.25) is 0 Å². The van der Waals surface area contributed by atoms with E-state index in [0.717, 1.165) is 5.82 Å². The Bertz CT molecular complexity index is 1190. The number of rotatable bonds is 5. The zero-order valence-electron chi connectivity index (χ0n) is 16.8. The summed E-state index contributed by atoms with van der Waals surface area (Å²) in [5, 5.41) is 0. The molecule has 2 aliphatic heterocycles. The van der Waals surface area contributed by atoms with Crippen LogP contribution in [-0.2, 0) is 24.8 Å². The Morgan fingerprint density at radius 3 is 2.39 bits per heavy atom. The molecule has 2 fully saturated rings. The number of amides is 1. The van der Waals surface area contributed by atoms with Gasteiger partial charge in [-0.25, -0.2) is 26.1 Å². The Labute approximate surface area is 181 Å². The zero-order chi connectivity index (χ0) is 22.2. The molecular formula is C19H22N4O6S2. The molecule has 0 aliphatic carbocycles. The standard InChI is InChI=1S/C19H22N4O6S2/c1-29-16-6-5-15(23-19(24)7-13-30(23,25)26)14-17(16)31(27,28)22-11-9-21(10-12-22)18-4-2-3-8-20-18/h2-6,8,14H,7,9-13H2,1H3. The summed E-state index contributed by atoms with van der Waals surface area (Å²) in [6, 6.07) is 9.49. The molecule has 31 heavy (non-hydrogen) atoms. The van der Waals surface area contributed by atoms with E-state index in [2.05, 4.69) is 4.98 Å². The highest BCUT2D eigenvalue weighted by Crippen LogP contribution is 2.34. The van der Waals surface area contributed by atoms with Gasteiger partial charge in [0.2, 0.25) is 26.0 Å². The first-order chi connectivity index (χ1) is 14.7. The van der Waals surface area contributed by atoms with Crippen molar-refractivity contribution >= 4 is 37.5 Å². The molecule has 2 aromatic rings. The van der Waals surface area contributed by atoms with Gasteiger partial charge in [0.15, 0.2) is 0 Å². The maximum atomic E-state index is 13.4. The predicted octanol–water partition coefficient (Wildman–Crippen LogP) is 0.668. The number of carbonyl (C=O) groups is 1. The van der Waals surface area contributed by atoms with Crippen LogP contribution >= 0.6 is 0 Å². The second-order valence-corrected chi connectivity index (χ2v) is 11.0. The molecule has 10 nitrogen and oxygen atoms in total. The fraction of sp³-hybridized carbons (Fsp3) is 0.368. The van der Waals surface area contributed by atoms with E-state index in [1.54, 1.807) is 6.20 Å². The van der Waals surface area contributed by atoms with Gasteiger partial charge in [0.1, 0.15) is 16.5 Å². The van der Waals surface area contributed by atoms with Gasteiger partial charge in [0, 0.05) is 38.8 Å². The summed E-state index contributed by atoms with van der Waals surface area (Å²) in [6.07, 6.45) is 1.55. The Balaban J connectivity index is 1.63. The summed E-state index contributed by atoms with van der Waals surface area (Å²) < 4.78 is 58.5. The van der Waals surface area contributed by atoms with Gasteiger partial charge in [-0.2, -0.15) is 4.31 Å². The number of benzene rings is 1. The minimum absolute atomic E-state index is 0.00556. The first-order valence-corrected chi connectivity index (χ1v) is 12.7. The van der Waals surface area contributed by atoms with Gasteiger partial charge in [-0.3, -0.25) is 4.79 Å². The van der Waals surface area contributed by atoms with Crippen LogP contribution in [-0.4, -0.2) is 71.1 Å². The van der Waals surface area contributed by atoms with Crippen molar-refractivity contribution in [2.45, 2.75) is 11.3 Å². The molecule has 2 aliphatic rings. The van der Waals surface area contributed by atoms with Crippen molar-refractivity contribution in [3.05, 3.63) is 42.6 Å². The van der Waals surface area contributed by atoms with Crippen LogP contribution in [0.4, 0.5) is 11.5 Å². The Kier molecular flexibility index (Phi) is 5.62. The van der Waals surface area contributed by atoms with Gasteiger partial charge >= 0.3 is 0 Å². The third-order valence-corrected chi connectivity index (χ3v) is 8.90. The summed E-state index contributed by atoms with van der Waals surface area (Å²) in [5.41, 5.74) is -0.00556. The fourth-order valence-corrected chi connectivity index (χ4v) is 6.75. The molecule has 3 heterocycles. The molecule has 1 aromatic heterocycles. The number of sulfonamides is 2. The molecule has 166 valence electrons. The normalized spacial score (nSPS) is 19.6. The highest BCUT2D eigenvalue weighted by molar-refractivity contribution is 7.94. The van der Waals surface area contributed by atoms with Gasteiger partial charge in [0.25, 0.3) is 0 Å². The lowest BCUT2D eigenvalue weighted by molar-refractivity contribution is -0.116. The van der Waals surface area contributed by atoms with E-state index in [4.69, 9.17) is 4.74 Å². The number of carbonyl (C=O) groups excluding carboxylic acids is 1. The summed E-state index contributed by atoms with van der Waals surface area (Å²) in [6.45, 7) is 1.37. The summed E-state index contributed by atoms with van der Waals surface area (Å²) in [4.78, 5) is 18.2. The van der Waals surface area contributed by atoms with E-state index in [-0.39, 0.29) is 41.6 Å². The average molecular weight is 467 g/mol. The molecule has 12 heteroatoms. The Morgan fingerprint density at radius 2 is 1.81 bits per heavy atom. The number of methoxy groups -OCH3 is 1. The molecule has 0 radical (unpaired) electrons. The van der Waals surface area contributed by atoms with Gasteiger partial charge in [-0.05, 0) is 30.3 Å². The lowest BCUT2D eigenvalue weighted by atomic mass is 10.3. The van der Waals surface area contributed by atoms with Gasteiger partial charge in [0.05, 0.1) is 18.6 Å². The number of piperazine rings is 1. The molecule has 0 spiro atoms. The summed E-state index contributed by atoms with van der Waals surface area (Å²) >= 11 is 0. The topological polar surface area (TPSA) is 117 Å². The molecule has 2 saturated heterocycles. The van der Waals surface area contributed by atoms with Crippen LogP contribution in [0.3, 0.4) is 0 Å². The molecule has 1 amide bonds. The summed E-state index contributed by atoms with van der Waals surface area (Å²) in [7, 11) is -6.46. The maximum Gasteiger partial charge on any atom is 0.246 e. The first-order valence-electron chi connectivity index (χ1n) is 9.64. The highest BCUT2D eigenvalue weighted by Gasteiger charge is 2.38. The van der Waals surface area contributed by atoms with Crippen LogP contribution in [0.15, 0.2) is 47.5 Å². The van der Waals surface area contributed by atoms with E-state index in [1.165, 1.54) is 29.6 Å². The third kappa shape index (κ3) is 3.98. The number of aromatic nitrogens is 1. The monoisotopic (exact) mass is 466 g/mol. The van der Waals surface area contributed by atoms with E-state index in [0.29, 0.717) is 17.4 Å². The quantitative estimate of drug-likeness (QED) is 0.631. The second-order valence-electron chi connectivity index (χ2n) is 7.14. The van der Waals surface area contributed by atoms with E-state index < -0.39 is 26.0 Å². The smallest absolute Gasteiger partial charge is 0.246 e. The number of hydrogen-bond acceptors (Lipinski definition) is 8. The SMILES string of the molecule is COc1ccc(N2C(=O)CCS2(=O)=O)cc1S(=O)(=O)N1CCN(c2ccccn2)CC1. The lowest BCUT2D eigenvalue weighted by Crippen LogP contribution is -2.49. The van der Waals surface area contributed by atoms with Gasteiger partial charge in [-0.1, -0.05) is 6.07 Å². The van der Waals surface area contributed by atoms with Crippen molar-refractivity contribution in [3.63, 3.8) is 0 Å². The zero-order valence-corrected chi connectivity index (χ0v) is 18.5. The van der Waals surface area contributed by atoms with Crippen molar-refractivity contribution < 1.29 is 26.4 Å². The number of anilines is 2. The minimum Gasteiger partial charge on any atom is -0.495 e. The van der Waals surface area contributed by atoms with Crippen LogP contribution in [0, 0.1) is 0 Å². The predicted molar refractivity (Wildman–Crippen MR) is 114 cm³/mol. The van der Waals surface area contributed by atoms with Crippen LogP contribution < -0.4 is 13.9 Å². The van der Waals surface area contributed by atoms with Crippen molar-refractivity contribution in [1.29, 1.82) is 0 Å². The Morgan fingerprint density at radius 1 is 1.06 bits per heavy atom. The van der Waals surface area contributed by atoms with Crippen molar-refractivity contribution in [1.82, 2.24) is 9.29 Å². The number of pyridine rings is 1. The number of hydrogen-bond donors (Lipinski definition) is 0.